The highest BCUT2D eigenvalue weighted by Gasteiger charge is 2.14. The van der Waals surface area contributed by atoms with Crippen molar-refractivity contribution >= 4 is 33.2 Å². The van der Waals surface area contributed by atoms with E-state index in [0.29, 0.717) is 21.7 Å². The van der Waals surface area contributed by atoms with Gasteiger partial charge >= 0.3 is 0 Å². The summed E-state index contributed by atoms with van der Waals surface area (Å²) in [6.07, 6.45) is 0. The molecule has 6 nitrogen and oxygen atoms in total. The summed E-state index contributed by atoms with van der Waals surface area (Å²) in [7, 11) is 3.09. The molecule has 0 atom stereocenters. The predicted octanol–water partition coefficient (Wildman–Crippen LogP) is 4.61. The van der Waals surface area contributed by atoms with Gasteiger partial charge in [0.15, 0.2) is 11.5 Å². The average molecular weight is 403 g/mol. The quantitative estimate of drug-likeness (QED) is 0.521. The van der Waals surface area contributed by atoms with Gasteiger partial charge in [-0.05, 0) is 28.1 Å². The van der Waals surface area contributed by atoms with Gasteiger partial charge in [-0.3, -0.25) is 10.1 Å². The largest absolute Gasteiger partial charge is 0.493 e. The Bertz CT molecular complexity index is 738. The predicted molar refractivity (Wildman–Crippen MR) is 89.7 cm³/mol. The highest BCUT2D eigenvalue weighted by atomic mass is 79.9. The van der Waals surface area contributed by atoms with Crippen LogP contribution >= 0.6 is 27.5 Å². The average Bonchev–Trinajstić information content (AvgIpc) is 2.54. The molecule has 0 radical (unpaired) electrons. The Kier molecular flexibility index (Phi) is 5.68. The van der Waals surface area contributed by atoms with E-state index in [1.165, 1.54) is 18.2 Å². The Morgan fingerprint density at radius 1 is 1.17 bits per heavy atom. The van der Waals surface area contributed by atoms with E-state index in [1.807, 2.05) is 6.07 Å². The summed E-state index contributed by atoms with van der Waals surface area (Å²) < 4.78 is 16.8. The van der Waals surface area contributed by atoms with Crippen LogP contribution in [0.3, 0.4) is 0 Å². The second kappa shape index (κ2) is 7.52. The fraction of sp³-hybridized carbons (Fsp3) is 0.200. The van der Waals surface area contributed by atoms with Crippen LogP contribution in [0.15, 0.2) is 34.8 Å². The highest BCUT2D eigenvalue weighted by Crippen LogP contribution is 2.38. The van der Waals surface area contributed by atoms with Gasteiger partial charge in [0.25, 0.3) is 5.69 Å². The molecule has 0 N–H and O–H groups in total. The van der Waals surface area contributed by atoms with Crippen molar-refractivity contribution in [2.24, 2.45) is 0 Å². The van der Waals surface area contributed by atoms with Crippen LogP contribution in [-0.2, 0) is 6.61 Å². The Labute approximate surface area is 146 Å². The molecule has 0 aliphatic carbocycles. The summed E-state index contributed by atoms with van der Waals surface area (Å²) in [5.74, 6) is 1.51. The van der Waals surface area contributed by atoms with Crippen LogP contribution in [-0.4, -0.2) is 19.1 Å². The number of rotatable bonds is 6. The van der Waals surface area contributed by atoms with Crippen molar-refractivity contribution in [3.05, 3.63) is 55.5 Å². The van der Waals surface area contributed by atoms with E-state index in [2.05, 4.69) is 15.9 Å². The van der Waals surface area contributed by atoms with Gasteiger partial charge in [-0.25, -0.2) is 0 Å². The summed E-state index contributed by atoms with van der Waals surface area (Å²) in [5, 5.41) is 10.9. The monoisotopic (exact) mass is 401 g/mol. The lowest BCUT2D eigenvalue weighted by Crippen LogP contribution is -2.00. The highest BCUT2D eigenvalue weighted by molar-refractivity contribution is 9.10. The molecule has 0 spiro atoms. The molecule has 0 bridgehead atoms. The van der Waals surface area contributed by atoms with Crippen LogP contribution in [0.4, 0.5) is 5.69 Å². The van der Waals surface area contributed by atoms with E-state index in [-0.39, 0.29) is 17.3 Å². The topological polar surface area (TPSA) is 70.8 Å². The molecule has 2 rings (SSSR count). The van der Waals surface area contributed by atoms with Crippen molar-refractivity contribution in [1.82, 2.24) is 0 Å². The summed E-state index contributed by atoms with van der Waals surface area (Å²) in [6.45, 7) is 0.207. The van der Waals surface area contributed by atoms with Gasteiger partial charge in [0, 0.05) is 17.7 Å². The molecule has 0 aliphatic heterocycles. The van der Waals surface area contributed by atoms with Crippen molar-refractivity contribution in [3.8, 4) is 17.2 Å². The molecule has 0 aliphatic rings. The summed E-state index contributed by atoms with van der Waals surface area (Å²) in [6, 6.07) is 7.64. The van der Waals surface area contributed by atoms with Crippen LogP contribution in [0.1, 0.15) is 5.56 Å². The third-order valence-electron chi connectivity index (χ3n) is 3.07. The Morgan fingerprint density at radius 2 is 1.87 bits per heavy atom. The number of methoxy groups -OCH3 is 2. The van der Waals surface area contributed by atoms with E-state index in [9.17, 15) is 10.1 Å². The summed E-state index contributed by atoms with van der Waals surface area (Å²) in [4.78, 5) is 10.2. The van der Waals surface area contributed by atoms with Crippen molar-refractivity contribution in [2.75, 3.05) is 14.2 Å². The van der Waals surface area contributed by atoms with Gasteiger partial charge < -0.3 is 14.2 Å². The molecule has 0 fully saturated rings. The molecule has 0 aromatic heterocycles. The first-order chi connectivity index (χ1) is 11.0. The Balaban J connectivity index is 2.20. The van der Waals surface area contributed by atoms with E-state index in [0.717, 1.165) is 5.56 Å². The van der Waals surface area contributed by atoms with Gasteiger partial charge in [-0.2, -0.15) is 0 Å². The summed E-state index contributed by atoms with van der Waals surface area (Å²) >= 11 is 9.45. The Morgan fingerprint density at radius 3 is 2.43 bits per heavy atom. The second-order valence-electron chi connectivity index (χ2n) is 4.43. The molecule has 0 saturated carbocycles. The van der Waals surface area contributed by atoms with Crippen LogP contribution < -0.4 is 14.2 Å². The maximum absolute atomic E-state index is 10.7. The smallest absolute Gasteiger partial charge is 0.271 e. The first-order valence-electron chi connectivity index (χ1n) is 6.44. The Hall–Kier alpha value is -1.99. The molecule has 122 valence electrons. The molecular formula is C15H13BrClNO5. The van der Waals surface area contributed by atoms with Crippen molar-refractivity contribution in [1.29, 1.82) is 0 Å². The van der Waals surface area contributed by atoms with E-state index in [4.69, 9.17) is 25.8 Å². The van der Waals surface area contributed by atoms with Gasteiger partial charge in [0.05, 0.1) is 28.6 Å². The summed E-state index contributed by atoms with van der Waals surface area (Å²) in [5.41, 5.74) is 0.728. The first kappa shape index (κ1) is 17.4. The maximum Gasteiger partial charge on any atom is 0.271 e. The number of hydrogen-bond donors (Lipinski definition) is 0. The normalized spacial score (nSPS) is 10.3. The van der Waals surface area contributed by atoms with E-state index < -0.39 is 4.92 Å². The van der Waals surface area contributed by atoms with E-state index >= 15 is 0 Å². The standard InChI is InChI=1S/C15H13BrClNO5/c1-21-13-5-3-9(14(16)15(13)22-2)8-23-12-6-4-10(18(19)20)7-11(12)17/h3-7H,8H2,1-2H3. The van der Waals surface area contributed by atoms with Crippen LogP contribution in [0.2, 0.25) is 5.02 Å². The molecule has 0 heterocycles. The lowest BCUT2D eigenvalue weighted by molar-refractivity contribution is -0.384. The maximum atomic E-state index is 10.7. The number of nitro groups is 1. The molecular weight excluding hydrogens is 390 g/mol. The number of ether oxygens (including phenoxy) is 3. The third kappa shape index (κ3) is 3.86. The fourth-order valence-electron chi connectivity index (χ4n) is 1.92. The van der Waals surface area contributed by atoms with Gasteiger partial charge in [-0.1, -0.05) is 17.7 Å². The SMILES string of the molecule is COc1ccc(COc2ccc([N+](=O)[O-])cc2Cl)c(Br)c1OC. The molecule has 2 aromatic rings. The lowest BCUT2D eigenvalue weighted by Gasteiger charge is -2.14. The van der Waals surface area contributed by atoms with Crippen molar-refractivity contribution in [2.45, 2.75) is 6.61 Å². The van der Waals surface area contributed by atoms with E-state index in [1.54, 1.807) is 20.3 Å². The molecule has 0 amide bonds. The van der Waals surface area contributed by atoms with Gasteiger partial charge in [0.1, 0.15) is 12.4 Å². The molecule has 0 unspecified atom stereocenters. The van der Waals surface area contributed by atoms with Gasteiger partial charge in [0.2, 0.25) is 0 Å². The minimum absolute atomic E-state index is 0.0883. The van der Waals surface area contributed by atoms with Crippen LogP contribution in [0.5, 0.6) is 17.2 Å². The first-order valence-corrected chi connectivity index (χ1v) is 7.61. The minimum atomic E-state index is -0.513. The number of nitrogens with zero attached hydrogens (tertiary/aromatic N) is 1. The van der Waals surface area contributed by atoms with Crippen molar-refractivity contribution < 1.29 is 19.1 Å². The fourth-order valence-corrected chi connectivity index (χ4v) is 2.75. The number of hydrogen-bond acceptors (Lipinski definition) is 5. The minimum Gasteiger partial charge on any atom is -0.493 e. The van der Waals surface area contributed by atoms with Crippen molar-refractivity contribution in [3.63, 3.8) is 0 Å². The lowest BCUT2D eigenvalue weighted by atomic mass is 10.2. The zero-order valence-electron chi connectivity index (χ0n) is 12.3. The number of non-ortho nitro benzene ring substituents is 1. The molecule has 23 heavy (non-hydrogen) atoms. The molecule has 8 heteroatoms. The molecule has 0 saturated heterocycles. The number of nitro benzene ring substituents is 1. The van der Waals surface area contributed by atoms with Crippen LogP contribution in [0, 0.1) is 10.1 Å². The second-order valence-corrected chi connectivity index (χ2v) is 5.63. The van der Waals surface area contributed by atoms with Crippen LogP contribution in [0.25, 0.3) is 0 Å². The zero-order chi connectivity index (χ0) is 17.0. The third-order valence-corrected chi connectivity index (χ3v) is 4.24. The van der Waals surface area contributed by atoms with Gasteiger partial charge in [-0.15, -0.1) is 0 Å². The number of benzene rings is 2. The molecule has 2 aromatic carbocycles. The zero-order valence-corrected chi connectivity index (χ0v) is 14.7. The number of halogens is 2.